The van der Waals surface area contributed by atoms with Crippen LogP contribution in [-0.2, 0) is 9.53 Å². The molecule has 11 heavy (non-hydrogen) atoms. The summed E-state index contributed by atoms with van der Waals surface area (Å²) in [4.78, 5) is 13.1. The highest BCUT2D eigenvalue weighted by molar-refractivity contribution is 5.69. The van der Waals surface area contributed by atoms with E-state index in [4.69, 9.17) is 4.74 Å². The number of nitrogens with zero attached hydrogens (tertiary/aromatic N) is 1. The summed E-state index contributed by atoms with van der Waals surface area (Å²) in [5.41, 5.74) is 0. The topological polar surface area (TPSA) is 29.3 Å². The summed E-state index contributed by atoms with van der Waals surface area (Å²) in [6.45, 7) is 5.75. The van der Waals surface area contributed by atoms with E-state index in [-0.39, 0.29) is 5.97 Å². The van der Waals surface area contributed by atoms with Crippen molar-refractivity contribution in [3.63, 3.8) is 0 Å². The van der Waals surface area contributed by atoms with E-state index in [1.165, 1.54) is 0 Å². The predicted octanol–water partition coefficient (Wildman–Crippen LogP) is 0.645. The summed E-state index contributed by atoms with van der Waals surface area (Å²) >= 11 is 0. The average molecular weight is 157 g/mol. The van der Waals surface area contributed by atoms with Crippen molar-refractivity contribution in [2.75, 3.05) is 26.2 Å². The van der Waals surface area contributed by atoms with Gasteiger partial charge in [-0.2, -0.15) is 0 Å². The summed E-state index contributed by atoms with van der Waals surface area (Å²) in [6, 6.07) is 0. The molecule has 3 nitrogen and oxygen atoms in total. The quantitative estimate of drug-likeness (QED) is 0.433. The third-order valence-electron chi connectivity index (χ3n) is 1.64. The normalized spacial score (nSPS) is 16.5. The van der Waals surface area contributed by atoms with Gasteiger partial charge in [0.1, 0.15) is 0 Å². The van der Waals surface area contributed by atoms with Crippen LogP contribution in [0.4, 0.5) is 0 Å². The lowest BCUT2D eigenvalue weighted by Gasteiger charge is -2.02. The van der Waals surface area contributed by atoms with Crippen LogP contribution in [0.1, 0.15) is 19.8 Å². The Morgan fingerprint density at radius 1 is 1.55 bits per heavy atom. The van der Waals surface area contributed by atoms with Crippen molar-refractivity contribution in [3.8, 4) is 0 Å². The lowest BCUT2D eigenvalue weighted by Crippen LogP contribution is -2.11. The molecule has 0 atom stereocenters. The van der Waals surface area contributed by atoms with Gasteiger partial charge in [0.25, 0.3) is 0 Å². The number of carbonyl (C=O) groups is 1. The molecule has 0 unspecified atom stereocenters. The maximum absolute atomic E-state index is 10.9. The van der Waals surface area contributed by atoms with Crippen molar-refractivity contribution < 1.29 is 9.53 Å². The van der Waals surface area contributed by atoms with Gasteiger partial charge in [-0.3, -0.25) is 4.79 Å². The molecule has 0 spiro atoms. The Bertz CT molecular complexity index is 132. The third-order valence-corrected chi connectivity index (χ3v) is 1.64. The molecular weight excluding hydrogens is 142 g/mol. The number of rotatable bonds is 5. The smallest absolute Gasteiger partial charge is 0.307 e. The second kappa shape index (κ2) is 4.34. The number of hydrogen-bond donors (Lipinski definition) is 0. The van der Waals surface area contributed by atoms with Gasteiger partial charge >= 0.3 is 5.97 Å². The zero-order valence-electron chi connectivity index (χ0n) is 7.01. The summed E-state index contributed by atoms with van der Waals surface area (Å²) in [7, 11) is 0. The molecule has 0 aliphatic carbocycles. The van der Waals surface area contributed by atoms with Crippen LogP contribution in [0.3, 0.4) is 0 Å². The lowest BCUT2D eigenvalue weighted by atomic mass is 10.4. The highest BCUT2D eigenvalue weighted by Gasteiger charge is 2.17. The standard InChI is InChI=1S/C8H15NO2/c1-2-7-11-8(10)3-4-9-5-6-9/h2-7H2,1H3. The van der Waals surface area contributed by atoms with E-state index in [9.17, 15) is 4.79 Å². The zero-order chi connectivity index (χ0) is 8.10. The van der Waals surface area contributed by atoms with Gasteiger partial charge in [-0.05, 0) is 6.42 Å². The molecule has 1 saturated heterocycles. The first-order valence-electron chi connectivity index (χ1n) is 4.21. The highest BCUT2D eigenvalue weighted by Crippen LogP contribution is 2.04. The first kappa shape index (κ1) is 8.53. The summed E-state index contributed by atoms with van der Waals surface area (Å²) in [6.07, 6.45) is 1.47. The van der Waals surface area contributed by atoms with E-state index in [0.717, 1.165) is 26.1 Å². The van der Waals surface area contributed by atoms with Gasteiger partial charge < -0.3 is 9.64 Å². The Morgan fingerprint density at radius 3 is 2.82 bits per heavy atom. The Kier molecular flexibility index (Phi) is 3.36. The second-order valence-electron chi connectivity index (χ2n) is 2.81. The van der Waals surface area contributed by atoms with Gasteiger partial charge in [0, 0.05) is 19.6 Å². The van der Waals surface area contributed by atoms with Crippen LogP contribution in [0, 0.1) is 0 Å². The average Bonchev–Trinajstić information content (AvgIpc) is 2.80. The molecule has 1 aliphatic heterocycles. The minimum Gasteiger partial charge on any atom is -0.466 e. The molecule has 0 N–H and O–H groups in total. The van der Waals surface area contributed by atoms with Crippen molar-refractivity contribution in [2.45, 2.75) is 19.8 Å². The lowest BCUT2D eigenvalue weighted by molar-refractivity contribution is -0.143. The Hall–Kier alpha value is -0.570. The van der Waals surface area contributed by atoms with E-state index < -0.39 is 0 Å². The van der Waals surface area contributed by atoms with Crippen molar-refractivity contribution in [2.24, 2.45) is 0 Å². The van der Waals surface area contributed by atoms with Gasteiger partial charge in [-0.25, -0.2) is 0 Å². The summed E-state index contributed by atoms with van der Waals surface area (Å²) < 4.78 is 4.90. The van der Waals surface area contributed by atoms with Crippen LogP contribution < -0.4 is 0 Å². The molecular formula is C8H15NO2. The molecule has 0 radical (unpaired) electrons. The maximum Gasteiger partial charge on any atom is 0.307 e. The van der Waals surface area contributed by atoms with E-state index in [1.54, 1.807) is 0 Å². The Morgan fingerprint density at radius 2 is 2.27 bits per heavy atom. The summed E-state index contributed by atoms with van der Waals surface area (Å²) in [5, 5.41) is 0. The van der Waals surface area contributed by atoms with E-state index in [1.807, 2.05) is 6.92 Å². The molecule has 0 aromatic heterocycles. The fourth-order valence-electron chi connectivity index (χ4n) is 0.832. The first-order chi connectivity index (χ1) is 5.33. The molecule has 0 aromatic carbocycles. The van der Waals surface area contributed by atoms with Crippen molar-refractivity contribution >= 4 is 5.97 Å². The molecule has 1 fully saturated rings. The van der Waals surface area contributed by atoms with E-state index in [2.05, 4.69) is 4.90 Å². The molecule has 0 amide bonds. The molecule has 1 aliphatic rings. The molecule has 3 heteroatoms. The third kappa shape index (κ3) is 3.98. The largest absolute Gasteiger partial charge is 0.466 e. The highest BCUT2D eigenvalue weighted by atomic mass is 16.5. The fourth-order valence-corrected chi connectivity index (χ4v) is 0.832. The molecule has 0 saturated carbocycles. The summed E-state index contributed by atoms with van der Waals surface area (Å²) in [5.74, 6) is -0.0567. The predicted molar refractivity (Wildman–Crippen MR) is 42.3 cm³/mol. The van der Waals surface area contributed by atoms with Crippen molar-refractivity contribution in [3.05, 3.63) is 0 Å². The van der Waals surface area contributed by atoms with Crippen LogP contribution in [0.25, 0.3) is 0 Å². The van der Waals surface area contributed by atoms with E-state index in [0.29, 0.717) is 13.0 Å². The number of ether oxygens (including phenoxy) is 1. The van der Waals surface area contributed by atoms with Gasteiger partial charge in [0.15, 0.2) is 0 Å². The monoisotopic (exact) mass is 157 g/mol. The van der Waals surface area contributed by atoms with Gasteiger partial charge in [0.05, 0.1) is 13.0 Å². The zero-order valence-corrected chi connectivity index (χ0v) is 7.01. The van der Waals surface area contributed by atoms with Gasteiger partial charge in [-0.1, -0.05) is 6.92 Å². The number of hydrogen-bond acceptors (Lipinski definition) is 3. The van der Waals surface area contributed by atoms with Gasteiger partial charge in [0.2, 0.25) is 0 Å². The van der Waals surface area contributed by atoms with Crippen LogP contribution >= 0.6 is 0 Å². The van der Waals surface area contributed by atoms with Gasteiger partial charge in [-0.15, -0.1) is 0 Å². The number of esters is 1. The molecule has 1 heterocycles. The van der Waals surface area contributed by atoms with Crippen molar-refractivity contribution in [1.29, 1.82) is 0 Å². The van der Waals surface area contributed by atoms with Crippen LogP contribution in [-0.4, -0.2) is 37.1 Å². The van der Waals surface area contributed by atoms with Crippen molar-refractivity contribution in [1.82, 2.24) is 4.90 Å². The van der Waals surface area contributed by atoms with Crippen LogP contribution in [0.5, 0.6) is 0 Å². The maximum atomic E-state index is 10.9. The fraction of sp³-hybridized carbons (Fsp3) is 0.875. The van der Waals surface area contributed by atoms with E-state index >= 15 is 0 Å². The minimum absolute atomic E-state index is 0.0567. The SMILES string of the molecule is CCCOC(=O)CCN1CC1. The Balaban J connectivity index is 1.91. The van der Waals surface area contributed by atoms with Crippen LogP contribution in [0.2, 0.25) is 0 Å². The molecule has 0 aromatic rings. The second-order valence-corrected chi connectivity index (χ2v) is 2.81. The first-order valence-corrected chi connectivity index (χ1v) is 4.21. The minimum atomic E-state index is -0.0567. The number of carbonyl (C=O) groups excluding carboxylic acids is 1. The Labute approximate surface area is 67.3 Å². The molecule has 0 bridgehead atoms. The van der Waals surface area contributed by atoms with Crippen LogP contribution in [0.15, 0.2) is 0 Å². The molecule has 64 valence electrons. The molecule has 1 rings (SSSR count).